The van der Waals surface area contributed by atoms with Gasteiger partial charge in [0.15, 0.2) is 0 Å². The second-order valence-corrected chi connectivity index (χ2v) is 6.96. The summed E-state index contributed by atoms with van der Waals surface area (Å²) >= 11 is 6.51. The smallest absolute Gasteiger partial charge is 0.203 e. The summed E-state index contributed by atoms with van der Waals surface area (Å²) in [6.45, 7) is 4.06. The number of aromatic nitrogens is 2. The zero-order valence-corrected chi connectivity index (χ0v) is 15.6. The number of hydrogen-bond acceptors (Lipinski definition) is 4. The van der Waals surface area contributed by atoms with Gasteiger partial charge in [0.2, 0.25) is 5.95 Å². The van der Waals surface area contributed by atoms with Crippen LogP contribution in [0.5, 0.6) is 0 Å². The first-order chi connectivity index (χ1) is 12.7. The maximum atomic E-state index is 6.51. The molecule has 1 aliphatic heterocycles. The largest absolute Gasteiger partial charge is 0.379 e. The first-order valence-electron chi connectivity index (χ1n) is 8.95. The predicted octanol–water partition coefficient (Wildman–Crippen LogP) is 3.71. The lowest BCUT2D eigenvalue weighted by Gasteiger charge is -2.35. The van der Waals surface area contributed by atoms with Gasteiger partial charge in [0.25, 0.3) is 0 Å². The molecule has 136 valence electrons. The Labute approximate surface area is 158 Å². The minimum atomic E-state index is 0.174. The summed E-state index contributed by atoms with van der Waals surface area (Å²) in [7, 11) is 2.04. The van der Waals surface area contributed by atoms with Crippen molar-refractivity contribution in [2.24, 2.45) is 7.05 Å². The van der Waals surface area contributed by atoms with E-state index < -0.39 is 0 Å². The van der Waals surface area contributed by atoms with E-state index in [-0.39, 0.29) is 6.04 Å². The number of hydrogen-bond donors (Lipinski definition) is 1. The van der Waals surface area contributed by atoms with Crippen LogP contribution in [0.4, 0.5) is 5.95 Å². The Hall–Kier alpha value is -2.08. The minimum absolute atomic E-state index is 0.174. The van der Waals surface area contributed by atoms with Gasteiger partial charge in [-0.3, -0.25) is 4.90 Å². The molecule has 0 saturated carbocycles. The lowest BCUT2D eigenvalue weighted by Crippen LogP contribution is -2.41. The van der Waals surface area contributed by atoms with Gasteiger partial charge < -0.3 is 14.6 Å². The lowest BCUT2D eigenvalue weighted by molar-refractivity contribution is 0.0187. The average Bonchev–Trinajstić information content (AvgIpc) is 3.00. The molecule has 5 nitrogen and oxygen atoms in total. The number of ether oxygens (including phenoxy) is 1. The molecule has 2 heterocycles. The second kappa shape index (κ2) is 7.66. The van der Waals surface area contributed by atoms with Crippen LogP contribution in [0.2, 0.25) is 5.02 Å². The maximum absolute atomic E-state index is 6.51. The molecule has 1 fully saturated rings. The van der Waals surface area contributed by atoms with Crippen LogP contribution in [0, 0.1) is 0 Å². The zero-order chi connectivity index (χ0) is 17.9. The van der Waals surface area contributed by atoms with Gasteiger partial charge >= 0.3 is 0 Å². The number of halogens is 1. The molecule has 0 spiro atoms. The van der Waals surface area contributed by atoms with Crippen molar-refractivity contribution < 1.29 is 4.74 Å². The Balaban J connectivity index is 1.60. The SMILES string of the molecule is Cn1c(NCC(c2ccccc2Cl)N2CCOCC2)nc2ccccc21. The maximum Gasteiger partial charge on any atom is 0.203 e. The van der Waals surface area contributed by atoms with Gasteiger partial charge in [0.1, 0.15) is 0 Å². The van der Waals surface area contributed by atoms with Crippen LogP contribution in [0.1, 0.15) is 11.6 Å². The number of imidazole rings is 1. The van der Waals surface area contributed by atoms with Gasteiger partial charge in [-0.1, -0.05) is 41.9 Å². The van der Waals surface area contributed by atoms with Crippen molar-refractivity contribution in [2.45, 2.75) is 6.04 Å². The third-order valence-electron chi connectivity index (χ3n) is 4.99. The van der Waals surface area contributed by atoms with Crippen LogP contribution in [-0.2, 0) is 11.8 Å². The second-order valence-electron chi connectivity index (χ2n) is 6.55. The van der Waals surface area contributed by atoms with Gasteiger partial charge in [0.05, 0.1) is 30.3 Å². The van der Waals surface area contributed by atoms with E-state index in [1.54, 1.807) is 0 Å². The summed E-state index contributed by atoms with van der Waals surface area (Å²) in [5, 5.41) is 4.34. The highest BCUT2D eigenvalue weighted by Gasteiger charge is 2.24. The highest BCUT2D eigenvalue weighted by atomic mass is 35.5. The van der Waals surface area contributed by atoms with Crippen molar-refractivity contribution in [3.63, 3.8) is 0 Å². The Morgan fingerprint density at radius 2 is 1.85 bits per heavy atom. The molecule has 0 bridgehead atoms. The molecule has 1 unspecified atom stereocenters. The van der Waals surface area contributed by atoms with Crippen LogP contribution in [0.3, 0.4) is 0 Å². The Kier molecular flexibility index (Phi) is 5.11. The molecule has 1 aliphatic rings. The first kappa shape index (κ1) is 17.3. The van der Waals surface area contributed by atoms with Crippen molar-refractivity contribution in [3.05, 3.63) is 59.1 Å². The van der Waals surface area contributed by atoms with E-state index in [1.165, 1.54) is 0 Å². The highest BCUT2D eigenvalue weighted by Crippen LogP contribution is 2.29. The summed E-state index contributed by atoms with van der Waals surface area (Å²) in [6, 6.07) is 16.4. The quantitative estimate of drug-likeness (QED) is 0.743. The zero-order valence-electron chi connectivity index (χ0n) is 14.9. The monoisotopic (exact) mass is 370 g/mol. The first-order valence-corrected chi connectivity index (χ1v) is 9.33. The van der Waals surface area contributed by atoms with E-state index in [1.807, 2.05) is 43.4 Å². The molecule has 0 radical (unpaired) electrons. The van der Waals surface area contributed by atoms with E-state index in [2.05, 4.69) is 26.9 Å². The Morgan fingerprint density at radius 1 is 1.12 bits per heavy atom. The third-order valence-corrected chi connectivity index (χ3v) is 5.34. The molecule has 1 aromatic heterocycles. The van der Waals surface area contributed by atoms with E-state index >= 15 is 0 Å². The van der Waals surface area contributed by atoms with Gasteiger partial charge in [-0.15, -0.1) is 0 Å². The molecule has 1 N–H and O–H groups in total. The average molecular weight is 371 g/mol. The number of fused-ring (bicyclic) bond motifs is 1. The highest BCUT2D eigenvalue weighted by molar-refractivity contribution is 6.31. The number of benzene rings is 2. The number of aryl methyl sites for hydroxylation is 1. The normalized spacial score (nSPS) is 16.7. The number of rotatable bonds is 5. The van der Waals surface area contributed by atoms with Gasteiger partial charge in [-0.05, 0) is 23.8 Å². The van der Waals surface area contributed by atoms with Gasteiger partial charge in [0, 0.05) is 31.7 Å². The van der Waals surface area contributed by atoms with E-state index in [4.69, 9.17) is 21.3 Å². The van der Waals surface area contributed by atoms with Crippen LogP contribution in [0.25, 0.3) is 11.0 Å². The topological polar surface area (TPSA) is 42.3 Å². The van der Waals surface area contributed by atoms with Crippen molar-refractivity contribution in [1.82, 2.24) is 14.5 Å². The number of nitrogens with one attached hydrogen (secondary N) is 1. The summed E-state index contributed by atoms with van der Waals surface area (Å²) in [5.41, 5.74) is 3.26. The lowest BCUT2D eigenvalue weighted by atomic mass is 10.0. The molecule has 4 rings (SSSR count). The summed E-state index contributed by atoms with van der Waals surface area (Å²) in [4.78, 5) is 7.15. The molecular formula is C20H23ClN4O. The fraction of sp³-hybridized carbons (Fsp3) is 0.350. The molecule has 6 heteroatoms. The van der Waals surface area contributed by atoms with Crippen LogP contribution in [-0.4, -0.2) is 47.3 Å². The van der Waals surface area contributed by atoms with Gasteiger partial charge in [-0.2, -0.15) is 0 Å². The standard InChI is InChI=1S/C20H23ClN4O/c1-24-18-9-5-4-8-17(18)23-20(24)22-14-19(25-10-12-26-13-11-25)15-6-2-3-7-16(15)21/h2-9,19H,10-14H2,1H3,(H,22,23). The van der Waals surface area contributed by atoms with Gasteiger partial charge in [-0.25, -0.2) is 4.98 Å². The molecule has 0 amide bonds. The van der Waals surface area contributed by atoms with E-state index in [9.17, 15) is 0 Å². The van der Waals surface area contributed by atoms with Crippen LogP contribution >= 0.6 is 11.6 Å². The van der Waals surface area contributed by atoms with Crippen molar-refractivity contribution in [3.8, 4) is 0 Å². The van der Waals surface area contributed by atoms with Crippen molar-refractivity contribution in [2.75, 3.05) is 38.2 Å². The molecule has 2 aromatic carbocycles. The number of para-hydroxylation sites is 2. The Morgan fingerprint density at radius 3 is 2.62 bits per heavy atom. The number of anilines is 1. The van der Waals surface area contributed by atoms with Crippen molar-refractivity contribution >= 4 is 28.6 Å². The van der Waals surface area contributed by atoms with Crippen LogP contribution < -0.4 is 5.32 Å². The fourth-order valence-electron chi connectivity index (χ4n) is 3.56. The van der Waals surface area contributed by atoms with E-state index in [0.29, 0.717) is 0 Å². The molecule has 3 aromatic rings. The summed E-state index contributed by atoms with van der Waals surface area (Å²) < 4.78 is 7.62. The third kappa shape index (κ3) is 3.43. The summed E-state index contributed by atoms with van der Waals surface area (Å²) in [6.07, 6.45) is 0. The molecule has 1 saturated heterocycles. The molecule has 0 aliphatic carbocycles. The minimum Gasteiger partial charge on any atom is -0.379 e. The predicted molar refractivity (Wildman–Crippen MR) is 106 cm³/mol. The van der Waals surface area contributed by atoms with Crippen LogP contribution in [0.15, 0.2) is 48.5 Å². The molecular weight excluding hydrogens is 348 g/mol. The molecule has 26 heavy (non-hydrogen) atoms. The Bertz CT molecular complexity index is 888. The fourth-order valence-corrected chi connectivity index (χ4v) is 3.82. The van der Waals surface area contributed by atoms with E-state index in [0.717, 1.165) is 60.4 Å². The molecule has 1 atom stereocenters. The van der Waals surface area contributed by atoms with Crippen molar-refractivity contribution in [1.29, 1.82) is 0 Å². The number of morpholine rings is 1. The number of nitrogens with zero attached hydrogens (tertiary/aromatic N) is 3. The summed E-state index contributed by atoms with van der Waals surface area (Å²) in [5.74, 6) is 0.872.